The van der Waals surface area contributed by atoms with Gasteiger partial charge in [-0.1, -0.05) is 60.7 Å². The molecule has 2 aromatic rings. The Morgan fingerprint density at radius 2 is 1.51 bits per heavy atom. The van der Waals surface area contributed by atoms with Crippen molar-refractivity contribution in [3.63, 3.8) is 0 Å². The van der Waals surface area contributed by atoms with Gasteiger partial charge in [0.05, 0.1) is 13.0 Å². The van der Waals surface area contributed by atoms with E-state index >= 15 is 0 Å². The Morgan fingerprint density at radius 3 is 2.05 bits per heavy atom. The Kier molecular flexibility index (Phi) is 12.0. The molecular formula is C30H41N3O6. The lowest BCUT2D eigenvalue weighted by molar-refractivity contribution is -0.145. The summed E-state index contributed by atoms with van der Waals surface area (Å²) in [6.07, 6.45) is -0.516. The van der Waals surface area contributed by atoms with Gasteiger partial charge in [0.2, 0.25) is 11.8 Å². The standard InChI is InChI=1S/C30H41N3O6/c1-7-38-25(34)18-19-31-27(35)26(23-16-12-9-13-17-23)33(21(2)3)28(36)24(20-22-14-10-8-11-15-22)32-29(37)39-30(4,5)6/h8-17,21,24,26H,7,18-20H2,1-6H3,(H,31,35)(H,32,37). The molecule has 2 atom stereocenters. The van der Waals surface area contributed by atoms with Crippen LogP contribution in [0.15, 0.2) is 60.7 Å². The highest BCUT2D eigenvalue weighted by molar-refractivity contribution is 5.92. The molecule has 0 fully saturated rings. The summed E-state index contributed by atoms with van der Waals surface area (Å²) in [4.78, 5) is 53.8. The van der Waals surface area contributed by atoms with Crippen LogP contribution in [0.4, 0.5) is 4.79 Å². The summed E-state index contributed by atoms with van der Waals surface area (Å²) < 4.78 is 10.4. The lowest BCUT2D eigenvalue weighted by Crippen LogP contribution is -2.55. The van der Waals surface area contributed by atoms with Crippen LogP contribution in [0.25, 0.3) is 0 Å². The molecule has 3 amide bonds. The first kappa shape index (κ1) is 31.3. The summed E-state index contributed by atoms with van der Waals surface area (Å²) in [5.74, 6) is -1.30. The molecular weight excluding hydrogens is 498 g/mol. The zero-order chi connectivity index (χ0) is 29.0. The van der Waals surface area contributed by atoms with Crippen LogP contribution in [-0.2, 0) is 30.3 Å². The van der Waals surface area contributed by atoms with Crippen molar-refractivity contribution in [3.8, 4) is 0 Å². The maximum absolute atomic E-state index is 14.2. The van der Waals surface area contributed by atoms with Gasteiger partial charge in [0.15, 0.2) is 0 Å². The first-order valence-corrected chi connectivity index (χ1v) is 13.3. The van der Waals surface area contributed by atoms with Crippen molar-refractivity contribution in [2.75, 3.05) is 13.2 Å². The number of carbonyl (C=O) groups is 4. The number of benzene rings is 2. The molecule has 0 radical (unpaired) electrons. The fourth-order valence-electron chi connectivity index (χ4n) is 4.05. The van der Waals surface area contributed by atoms with Crippen molar-refractivity contribution in [2.24, 2.45) is 0 Å². The third kappa shape index (κ3) is 10.4. The minimum absolute atomic E-state index is 0.00749. The molecule has 39 heavy (non-hydrogen) atoms. The highest BCUT2D eigenvalue weighted by atomic mass is 16.6. The lowest BCUT2D eigenvalue weighted by Gasteiger charge is -2.37. The lowest BCUT2D eigenvalue weighted by atomic mass is 9.99. The SMILES string of the molecule is CCOC(=O)CCNC(=O)C(c1ccccc1)N(C(=O)C(Cc1ccccc1)NC(=O)OC(C)(C)C)C(C)C. The molecule has 0 aliphatic heterocycles. The van der Waals surface area contributed by atoms with Gasteiger partial charge in [-0.25, -0.2) is 4.79 Å². The summed E-state index contributed by atoms with van der Waals surface area (Å²) in [7, 11) is 0. The topological polar surface area (TPSA) is 114 Å². The predicted octanol–water partition coefficient (Wildman–Crippen LogP) is 4.17. The number of nitrogens with zero attached hydrogens (tertiary/aromatic N) is 1. The predicted molar refractivity (Wildman–Crippen MR) is 149 cm³/mol. The van der Waals surface area contributed by atoms with E-state index < -0.39 is 47.6 Å². The molecule has 0 bridgehead atoms. The summed E-state index contributed by atoms with van der Waals surface area (Å²) in [6, 6.07) is 15.9. The van der Waals surface area contributed by atoms with E-state index in [9.17, 15) is 19.2 Å². The van der Waals surface area contributed by atoms with E-state index in [0.717, 1.165) is 5.56 Å². The first-order valence-electron chi connectivity index (χ1n) is 13.3. The van der Waals surface area contributed by atoms with Gasteiger partial charge in [0, 0.05) is 19.0 Å². The summed E-state index contributed by atoms with van der Waals surface area (Å²) >= 11 is 0. The van der Waals surface area contributed by atoms with Gasteiger partial charge < -0.3 is 25.0 Å². The molecule has 2 unspecified atom stereocenters. The van der Waals surface area contributed by atoms with Crippen molar-refractivity contribution in [3.05, 3.63) is 71.8 Å². The number of carbonyl (C=O) groups excluding carboxylic acids is 4. The number of esters is 1. The number of hydrogen-bond donors (Lipinski definition) is 2. The first-order chi connectivity index (χ1) is 18.4. The van der Waals surface area contributed by atoms with Crippen LogP contribution in [0, 0.1) is 0 Å². The maximum atomic E-state index is 14.2. The second-order valence-corrected chi connectivity index (χ2v) is 10.4. The van der Waals surface area contributed by atoms with E-state index in [1.165, 1.54) is 4.90 Å². The molecule has 0 aliphatic carbocycles. The molecule has 0 spiro atoms. The molecule has 0 aromatic heterocycles. The van der Waals surface area contributed by atoms with Gasteiger partial charge in [0.1, 0.15) is 17.7 Å². The normalized spacial score (nSPS) is 12.7. The third-order valence-electron chi connectivity index (χ3n) is 5.66. The van der Waals surface area contributed by atoms with Crippen LogP contribution in [0.5, 0.6) is 0 Å². The Morgan fingerprint density at radius 1 is 0.923 bits per heavy atom. The average Bonchev–Trinajstić information content (AvgIpc) is 2.86. The fraction of sp³-hybridized carbons (Fsp3) is 0.467. The van der Waals surface area contributed by atoms with Crippen LogP contribution in [0.2, 0.25) is 0 Å². The number of ether oxygens (including phenoxy) is 2. The molecule has 0 heterocycles. The molecule has 0 saturated heterocycles. The van der Waals surface area contributed by atoms with Crippen molar-refractivity contribution < 1.29 is 28.7 Å². The van der Waals surface area contributed by atoms with Gasteiger partial charge in [-0.3, -0.25) is 14.4 Å². The Balaban J connectivity index is 2.42. The molecule has 9 nitrogen and oxygen atoms in total. The summed E-state index contributed by atoms with van der Waals surface area (Å²) in [6.45, 7) is 10.9. The van der Waals surface area contributed by atoms with Crippen LogP contribution in [-0.4, -0.2) is 59.6 Å². The van der Waals surface area contributed by atoms with Crippen LogP contribution < -0.4 is 10.6 Å². The zero-order valence-corrected chi connectivity index (χ0v) is 23.7. The summed E-state index contributed by atoms with van der Waals surface area (Å²) in [5, 5.41) is 5.50. The van der Waals surface area contributed by atoms with Crippen molar-refractivity contribution >= 4 is 23.9 Å². The minimum Gasteiger partial charge on any atom is -0.466 e. The van der Waals surface area contributed by atoms with Gasteiger partial charge in [-0.15, -0.1) is 0 Å². The molecule has 2 rings (SSSR count). The highest BCUT2D eigenvalue weighted by Crippen LogP contribution is 2.25. The van der Waals surface area contributed by atoms with E-state index in [4.69, 9.17) is 9.47 Å². The monoisotopic (exact) mass is 539 g/mol. The quantitative estimate of drug-likeness (QED) is 0.392. The number of alkyl carbamates (subject to hydrolysis) is 1. The van der Waals surface area contributed by atoms with Crippen molar-refractivity contribution in [1.82, 2.24) is 15.5 Å². The van der Waals surface area contributed by atoms with Gasteiger partial charge >= 0.3 is 12.1 Å². The van der Waals surface area contributed by atoms with E-state index in [1.54, 1.807) is 52.0 Å². The molecule has 2 N–H and O–H groups in total. The van der Waals surface area contributed by atoms with Gasteiger partial charge in [-0.05, 0) is 52.7 Å². The Hall–Kier alpha value is -3.88. The Bertz CT molecular complexity index is 1080. The molecule has 0 aliphatic rings. The van der Waals surface area contributed by atoms with E-state index in [-0.39, 0.29) is 26.0 Å². The third-order valence-corrected chi connectivity index (χ3v) is 5.66. The van der Waals surface area contributed by atoms with Gasteiger partial charge in [-0.2, -0.15) is 0 Å². The fourth-order valence-corrected chi connectivity index (χ4v) is 4.05. The average molecular weight is 540 g/mol. The van der Waals surface area contributed by atoms with Crippen LogP contribution in [0.1, 0.15) is 65.1 Å². The number of hydrogen-bond acceptors (Lipinski definition) is 6. The van der Waals surface area contributed by atoms with Crippen molar-refractivity contribution in [1.29, 1.82) is 0 Å². The molecule has 9 heteroatoms. The molecule has 2 aromatic carbocycles. The van der Waals surface area contributed by atoms with Gasteiger partial charge in [0.25, 0.3) is 0 Å². The van der Waals surface area contributed by atoms with E-state index in [1.807, 2.05) is 50.2 Å². The second kappa shape index (κ2) is 14.9. The molecule has 0 saturated carbocycles. The largest absolute Gasteiger partial charge is 0.466 e. The van der Waals surface area contributed by atoms with Crippen LogP contribution >= 0.6 is 0 Å². The van der Waals surface area contributed by atoms with Crippen molar-refractivity contribution in [2.45, 2.75) is 78.1 Å². The summed E-state index contributed by atoms with van der Waals surface area (Å²) in [5.41, 5.74) is 0.683. The van der Waals surface area contributed by atoms with E-state index in [2.05, 4.69) is 10.6 Å². The second-order valence-electron chi connectivity index (χ2n) is 10.4. The zero-order valence-electron chi connectivity index (χ0n) is 23.7. The Labute approximate surface area is 231 Å². The highest BCUT2D eigenvalue weighted by Gasteiger charge is 2.37. The number of amides is 3. The van der Waals surface area contributed by atoms with E-state index in [0.29, 0.717) is 5.56 Å². The minimum atomic E-state index is -1.00. The van der Waals surface area contributed by atoms with Crippen LogP contribution in [0.3, 0.4) is 0 Å². The maximum Gasteiger partial charge on any atom is 0.408 e. The smallest absolute Gasteiger partial charge is 0.408 e. The molecule has 212 valence electrons. The number of nitrogens with one attached hydrogen (secondary N) is 2. The number of rotatable bonds is 12.